The molecule has 0 aliphatic rings. The van der Waals surface area contributed by atoms with Gasteiger partial charge in [0.05, 0.1) is 17.0 Å². The quantitative estimate of drug-likeness (QED) is 0.410. The second kappa shape index (κ2) is 8.36. The van der Waals surface area contributed by atoms with Crippen LogP contribution in [-0.2, 0) is 0 Å². The van der Waals surface area contributed by atoms with Crippen LogP contribution in [0.1, 0.15) is 24.0 Å². The summed E-state index contributed by atoms with van der Waals surface area (Å²) in [6.45, 7) is 4.68. The van der Waals surface area contributed by atoms with Gasteiger partial charge in [0.15, 0.2) is 0 Å². The highest BCUT2D eigenvalue weighted by Gasteiger charge is 2.19. The maximum Gasteiger partial charge on any atom is 0.266 e. The molecule has 0 saturated heterocycles. The van der Waals surface area contributed by atoms with Crippen molar-refractivity contribution in [1.29, 1.82) is 0 Å². The van der Waals surface area contributed by atoms with Gasteiger partial charge in [0.2, 0.25) is 0 Å². The summed E-state index contributed by atoms with van der Waals surface area (Å²) in [5.41, 5.74) is 10.6. The fourth-order valence-electron chi connectivity index (χ4n) is 3.66. The van der Waals surface area contributed by atoms with Crippen molar-refractivity contribution >= 4 is 56.3 Å². The number of fused-ring (bicyclic) bond motifs is 3. The molecule has 1 atom stereocenters. The zero-order valence-corrected chi connectivity index (χ0v) is 18.7. The molecule has 152 valence electrons. The number of aromatic nitrogens is 1. The number of pyridine rings is 1. The van der Waals surface area contributed by atoms with Gasteiger partial charge in [-0.25, -0.2) is 0 Å². The highest BCUT2D eigenvalue weighted by molar-refractivity contribution is 7.22. The molecule has 0 bridgehead atoms. The Morgan fingerprint density at radius 2 is 1.93 bits per heavy atom. The van der Waals surface area contributed by atoms with E-state index in [1.165, 1.54) is 16.9 Å². The maximum atomic E-state index is 12.6. The van der Waals surface area contributed by atoms with Crippen molar-refractivity contribution in [1.82, 2.24) is 4.98 Å². The van der Waals surface area contributed by atoms with Crippen molar-refractivity contribution in [2.24, 2.45) is 5.73 Å². The van der Waals surface area contributed by atoms with Gasteiger partial charge in [-0.3, -0.25) is 4.79 Å². The molecule has 2 aromatic carbocycles. The summed E-state index contributed by atoms with van der Waals surface area (Å²) in [5, 5.41) is 1.80. The van der Waals surface area contributed by atoms with Crippen molar-refractivity contribution in [2.75, 3.05) is 13.7 Å². The van der Waals surface area contributed by atoms with E-state index in [0.29, 0.717) is 21.5 Å². The number of rotatable bonds is 4. The zero-order chi connectivity index (χ0) is 20.0. The molecule has 0 saturated carbocycles. The fourth-order valence-corrected chi connectivity index (χ4v) is 4.79. The number of hydrogen-bond acceptors (Lipinski definition) is 4. The standard InChI is InChI=1S/C22H21ClN2O2S.ClH/c1-11-8-16(27-3)18(14-6-4-13(5-7-14)12(2)10-24)19-15-9-17(23)28-21(15)22(26)25-20(11)19;/h4-9,12H,10,24H2,1-3H3,(H,25,26);1H. The lowest BCUT2D eigenvalue weighted by atomic mass is 9.93. The van der Waals surface area contributed by atoms with Gasteiger partial charge in [0.1, 0.15) is 10.4 Å². The van der Waals surface area contributed by atoms with E-state index >= 15 is 0 Å². The molecule has 0 fully saturated rings. The number of aryl methyl sites for hydroxylation is 1. The number of benzene rings is 2. The van der Waals surface area contributed by atoms with Crippen molar-refractivity contribution in [3.05, 3.63) is 62.2 Å². The first kappa shape index (κ1) is 21.7. The van der Waals surface area contributed by atoms with Gasteiger partial charge >= 0.3 is 0 Å². The SMILES string of the molecule is COc1cc(C)c2[nH]c(=O)c3sc(Cl)cc3c2c1-c1ccc(C(C)CN)cc1.Cl. The van der Waals surface area contributed by atoms with E-state index in [2.05, 4.69) is 36.2 Å². The van der Waals surface area contributed by atoms with E-state index in [1.54, 1.807) is 7.11 Å². The number of nitrogens with two attached hydrogens (primary N) is 1. The Balaban J connectivity index is 0.00000240. The van der Waals surface area contributed by atoms with E-state index in [-0.39, 0.29) is 18.0 Å². The molecule has 4 aromatic rings. The minimum Gasteiger partial charge on any atom is -0.496 e. The summed E-state index contributed by atoms with van der Waals surface area (Å²) in [6.07, 6.45) is 0. The van der Waals surface area contributed by atoms with E-state index in [1.807, 2.05) is 19.1 Å². The predicted molar refractivity (Wildman–Crippen MR) is 126 cm³/mol. The maximum absolute atomic E-state index is 12.6. The van der Waals surface area contributed by atoms with E-state index in [9.17, 15) is 4.79 Å². The van der Waals surface area contributed by atoms with Crippen LogP contribution in [0.5, 0.6) is 5.75 Å². The molecular formula is C22H22Cl2N2O2S. The van der Waals surface area contributed by atoms with Gasteiger partial charge in [-0.2, -0.15) is 0 Å². The van der Waals surface area contributed by atoms with Crippen LogP contribution >= 0.6 is 35.3 Å². The molecule has 29 heavy (non-hydrogen) atoms. The first-order valence-corrected chi connectivity index (χ1v) is 10.3. The Labute approximate surface area is 184 Å². The molecule has 0 radical (unpaired) electrons. The van der Waals surface area contributed by atoms with Crippen LogP contribution in [0.15, 0.2) is 41.2 Å². The average molecular weight is 449 g/mol. The van der Waals surface area contributed by atoms with Crippen molar-refractivity contribution in [3.63, 3.8) is 0 Å². The lowest BCUT2D eigenvalue weighted by Gasteiger charge is -2.16. The number of aromatic amines is 1. The Morgan fingerprint density at radius 3 is 2.55 bits per heavy atom. The van der Waals surface area contributed by atoms with Gasteiger partial charge in [0.25, 0.3) is 5.56 Å². The number of nitrogens with one attached hydrogen (secondary N) is 1. The normalized spacial score (nSPS) is 12.2. The minimum absolute atomic E-state index is 0. The van der Waals surface area contributed by atoms with Gasteiger partial charge in [0, 0.05) is 16.3 Å². The lowest BCUT2D eigenvalue weighted by Crippen LogP contribution is -2.08. The number of ether oxygens (including phenoxy) is 1. The van der Waals surface area contributed by atoms with Crippen LogP contribution in [0.3, 0.4) is 0 Å². The second-order valence-electron chi connectivity index (χ2n) is 7.03. The highest BCUT2D eigenvalue weighted by Crippen LogP contribution is 2.43. The Kier molecular flexibility index (Phi) is 6.24. The van der Waals surface area contributed by atoms with Crippen molar-refractivity contribution in [3.8, 4) is 16.9 Å². The summed E-state index contributed by atoms with van der Waals surface area (Å²) >= 11 is 7.55. The van der Waals surface area contributed by atoms with Gasteiger partial charge < -0.3 is 15.5 Å². The number of methoxy groups -OCH3 is 1. The Bertz CT molecular complexity index is 1250. The largest absolute Gasteiger partial charge is 0.496 e. The molecule has 0 amide bonds. The third kappa shape index (κ3) is 3.64. The molecule has 2 heterocycles. The number of thiophene rings is 1. The molecule has 4 rings (SSSR count). The van der Waals surface area contributed by atoms with Gasteiger partial charge in [-0.15, -0.1) is 23.7 Å². The molecule has 0 spiro atoms. The number of halogens is 2. The Hall–Kier alpha value is -2.05. The first-order chi connectivity index (χ1) is 13.4. The molecule has 0 aliphatic heterocycles. The number of hydrogen-bond donors (Lipinski definition) is 2. The van der Waals surface area contributed by atoms with Crippen molar-refractivity contribution in [2.45, 2.75) is 19.8 Å². The van der Waals surface area contributed by atoms with Crippen LogP contribution < -0.4 is 16.0 Å². The summed E-state index contributed by atoms with van der Waals surface area (Å²) in [6, 6.07) is 12.2. The first-order valence-electron chi connectivity index (χ1n) is 9.07. The summed E-state index contributed by atoms with van der Waals surface area (Å²) < 4.78 is 6.95. The van der Waals surface area contributed by atoms with Crippen LogP contribution in [0.2, 0.25) is 4.34 Å². The predicted octanol–water partition coefficient (Wildman–Crippen LogP) is 5.86. The summed E-state index contributed by atoms with van der Waals surface area (Å²) in [4.78, 5) is 15.6. The van der Waals surface area contributed by atoms with E-state index in [0.717, 1.165) is 38.7 Å². The van der Waals surface area contributed by atoms with E-state index in [4.69, 9.17) is 22.1 Å². The fraction of sp³-hybridized carbons (Fsp3) is 0.227. The number of H-pyrrole nitrogens is 1. The minimum atomic E-state index is -0.120. The lowest BCUT2D eigenvalue weighted by molar-refractivity contribution is 0.416. The third-order valence-electron chi connectivity index (χ3n) is 5.25. The topological polar surface area (TPSA) is 68.1 Å². The van der Waals surface area contributed by atoms with Gasteiger partial charge in [-0.05, 0) is 48.2 Å². The molecule has 4 nitrogen and oxygen atoms in total. The third-order valence-corrected chi connectivity index (χ3v) is 6.51. The average Bonchev–Trinajstić information content (AvgIpc) is 3.10. The Morgan fingerprint density at radius 1 is 1.24 bits per heavy atom. The molecular weight excluding hydrogens is 427 g/mol. The van der Waals surface area contributed by atoms with Gasteiger partial charge in [-0.1, -0.05) is 42.8 Å². The smallest absolute Gasteiger partial charge is 0.266 e. The summed E-state index contributed by atoms with van der Waals surface area (Å²) in [5.74, 6) is 1.06. The van der Waals surface area contributed by atoms with Crippen LogP contribution in [-0.4, -0.2) is 18.6 Å². The zero-order valence-electron chi connectivity index (χ0n) is 16.3. The molecule has 7 heteroatoms. The summed E-state index contributed by atoms with van der Waals surface area (Å²) in [7, 11) is 1.67. The van der Waals surface area contributed by atoms with Crippen LogP contribution in [0.4, 0.5) is 0 Å². The van der Waals surface area contributed by atoms with Crippen molar-refractivity contribution < 1.29 is 4.74 Å². The molecule has 2 aromatic heterocycles. The molecule has 0 aliphatic carbocycles. The van der Waals surface area contributed by atoms with E-state index < -0.39 is 0 Å². The van der Waals surface area contributed by atoms with Crippen LogP contribution in [0, 0.1) is 6.92 Å². The monoisotopic (exact) mass is 448 g/mol. The second-order valence-corrected chi connectivity index (χ2v) is 8.71. The highest BCUT2D eigenvalue weighted by atomic mass is 35.5. The molecule has 3 N–H and O–H groups in total. The molecule has 1 unspecified atom stereocenters. The van der Waals surface area contributed by atoms with Crippen LogP contribution in [0.25, 0.3) is 32.1 Å².